The van der Waals surface area contributed by atoms with Gasteiger partial charge in [0, 0.05) is 37.4 Å². The lowest BCUT2D eigenvalue weighted by Crippen LogP contribution is -2.52. The largest absolute Gasteiger partial charge is 0.304 e. The average molecular weight is 388 g/mol. The molecule has 2 N–H and O–H groups in total. The predicted molar refractivity (Wildman–Crippen MR) is 105 cm³/mol. The molecule has 0 aliphatic carbocycles. The summed E-state index contributed by atoms with van der Waals surface area (Å²) in [7, 11) is -1.74. The lowest BCUT2D eigenvalue weighted by atomic mass is 10.2. The fourth-order valence-corrected chi connectivity index (χ4v) is 3.95. The monoisotopic (exact) mass is 388 g/mol. The van der Waals surface area contributed by atoms with Crippen LogP contribution in [0, 0.1) is 6.92 Å². The van der Waals surface area contributed by atoms with E-state index in [1.165, 1.54) is 12.1 Å². The van der Waals surface area contributed by atoms with Gasteiger partial charge in [-0.15, -0.1) is 0 Å². The van der Waals surface area contributed by atoms with Crippen LogP contribution in [-0.4, -0.2) is 57.5 Å². The summed E-state index contributed by atoms with van der Waals surface area (Å²) in [4.78, 5) is 14.7. The Morgan fingerprint density at radius 2 is 1.70 bits per heavy atom. The quantitative estimate of drug-likeness (QED) is 0.815. The van der Waals surface area contributed by atoms with Gasteiger partial charge < -0.3 is 4.90 Å². The van der Waals surface area contributed by atoms with Crippen LogP contribution in [0.4, 0.5) is 5.69 Å². The minimum absolute atomic E-state index is 0.0510. The minimum atomic E-state index is -3.78. The Morgan fingerprint density at radius 3 is 2.41 bits per heavy atom. The number of aryl methyl sites for hydroxylation is 1. The van der Waals surface area contributed by atoms with Crippen molar-refractivity contribution in [2.45, 2.75) is 11.8 Å². The van der Waals surface area contributed by atoms with Gasteiger partial charge in [0.15, 0.2) is 0 Å². The molecule has 1 aliphatic rings. The van der Waals surface area contributed by atoms with Crippen molar-refractivity contribution in [3.05, 3.63) is 59.7 Å². The van der Waals surface area contributed by atoms with E-state index in [9.17, 15) is 13.2 Å². The summed E-state index contributed by atoms with van der Waals surface area (Å²) < 4.78 is 27.9. The molecule has 144 valence electrons. The number of sulfonamides is 1. The molecular formula is C19H24N4O3S. The number of hydrogen-bond donors (Lipinski definition) is 2. The van der Waals surface area contributed by atoms with Gasteiger partial charge in [0.1, 0.15) is 0 Å². The van der Waals surface area contributed by atoms with Crippen molar-refractivity contribution in [1.82, 2.24) is 15.3 Å². The highest BCUT2D eigenvalue weighted by Crippen LogP contribution is 2.18. The molecule has 0 unspecified atom stereocenters. The van der Waals surface area contributed by atoms with Crippen molar-refractivity contribution in [3.8, 4) is 0 Å². The number of piperazine rings is 1. The van der Waals surface area contributed by atoms with E-state index >= 15 is 0 Å². The summed E-state index contributed by atoms with van der Waals surface area (Å²) in [6, 6.07) is 13.2. The SMILES string of the molecule is Cc1cccc(NS(=O)(=O)c2cccc(C(=O)NN3CCN(C)CC3)c2)c1. The van der Waals surface area contributed by atoms with Gasteiger partial charge in [0.2, 0.25) is 0 Å². The summed E-state index contributed by atoms with van der Waals surface area (Å²) in [5.74, 6) is -0.313. The lowest BCUT2D eigenvalue weighted by Gasteiger charge is -2.32. The zero-order chi connectivity index (χ0) is 19.4. The number of hydrazine groups is 1. The van der Waals surface area contributed by atoms with Gasteiger partial charge in [-0.2, -0.15) is 0 Å². The molecule has 0 aromatic heterocycles. The first-order chi connectivity index (χ1) is 12.8. The fourth-order valence-electron chi connectivity index (χ4n) is 2.85. The highest BCUT2D eigenvalue weighted by atomic mass is 32.2. The van der Waals surface area contributed by atoms with Gasteiger partial charge in [-0.05, 0) is 49.9 Å². The van der Waals surface area contributed by atoms with Gasteiger partial charge in [-0.1, -0.05) is 18.2 Å². The molecule has 3 rings (SSSR count). The van der Waals surface area contributed by atoms with Gasteiger partial charge in [-0.3, -0.25) is 14.9 Å². The molecule has 0 bridgehead atoms. The number of nitrogens with one attached hydrogen (secondary N) is 2. The lowest BCUT2D eigenvalue weighted by molar-refractivity contribution is 0.0662. The van der Waals surface area contributed by atoms with Crippen LogP contribution < -0.4 is 10.1 Å². The van der Waals surface area contributed by atoms with E-state index in [1.807, 2.05) is 25.0 Å². The third-order valence-electron chi connectivity index (χ3n) is 4.44. The number of carbonyl (C=O) groups is 1. The highest BCUT2D eigenvalue weighted by molar-refractivity contribution is 7.92. The van der Waals surface area contributed by atoms with Crippen molar-refractivity contribution in [1.29, 1.82) is 0 Å². The minimum Gasteiger partial charge on any atom is -0.304 e. The number of carbonyl (C=O) groups excluding carboxylic acids is 1. The Kier molecular flexibility index (Phi) is 5.79. The van der Waals surface area contributed by atoms with E-state index in [4.69, 9.17) is 0 Å². The molecule has 0 radical (unpaired) electrons. The van der Waals surface area contributed by atoms with Gasteiger partial charge in [-0.25, -0.2) is 13.4 Å². The number of amides is 1. The zero-order valence-corrected chi connectivity index (χ0v) is 16.3. The molecular weight excluding hydrogens is 364 g/mol. The second-order valence-electron chi connectivity index (χ2n) is 6.73. The third kappa shape index (κ3) is 5.06. The first kappa shape index (κ1) is 19.3. The Morgan fingerprint density at radius 1 is 1.00 bits per heavy atom. The Bertz CT molecular complexity index is 922. The maximum Gasteiger partial charge on any atom is 0.265 e. The molecule has 2 aromatic carbocycles. The van der Waals surface area contributed by atoms with Crippen LogP contribution in [0.25, 0.3) is 0 Å². The van der Waals surface area contributed by atoms with Crippen LogP contribution in [-0.2, 0) is 10.0 Å². The summed E-state index contributed by atoms with van der Waals surface area (Å²) in [5.41, 5.74) is 4.59. The van der Waals surface area contributed by atoms with E-state index in [2.05, 4.69) is 15.0 Å². The Balaban J connectivity index is 1.73. The van der Waals surface area contributed by atoms with E-state index in [1.54, 1.807) is 30.3 Å². The van der Waals surface area contributed by atoms with E-state index in [-0.39, 0.29) is 10.8 Å². The second-order valence-corrected chi connectivity index (χ2v) is 8.42. The number of benzene rings is 2. The molecule has 1 saturated heterocycles. The van der Waals surface area contributed by atoms with E-state index in [0.29, 0.717) is 11.3 Å². The smallest absolute Gasteiger partial charge is 0.265 e. The normalized spacial score (nSPS) is 16.1. The van der Waals surface area contributed by atoms with Crippen molar-refractivity contribution < 1.29 is 13.2 Å². The molecule has 0 spiro atoms. The molecule has 8 heteroatoms. The molecule has 7 nitrogen and oxygen atoms in total. The van der Waals surface area contributed by atoms with Crippen LogP contribution in [0.2, 0.25) is 0 Å². The Labute approximate surface area is 160 Å². The van der Waals surface area contributed by atoms with Crippen molar-refractivity contribution >= 4 is 21.6 Å². The number of rotatable bonds is 5. The van der Waals surface area contributed by atoms with E-state index in [0.717, 1.165) is 31.7 Å². The van der Waals surface area contributed by atoms with Crippen LogP contribution in [0.3, 0.4) is 0 Å². The summed E-state index contributed by atoms with van der Waals surface area (Å²) >= 11 is 0. The maximum atomic E-state index is 12.7. The topological polar surface area (TPSA) is 81.7 Å². The number of nitrogens with zero attached hydrogens (tertiary/aromatic N) is 2. The van der Waals surface area contributed by atoms with Crippen LogP contribution in [0.1, 0.15) is 15.9 Å². The van der Waals surface area contributed by atoms with Crippen LogP contribution in [0.5, 0.6) is 0 Å². The average Bonchev–Trinajstić information content (AvgIpc) is 2.63. The molecule has 1 fully saturated rings. The van der Waals surface area contributed by atoms with Gasteiger partial charge in [0.05, 0.1) is 4.90 Å². The summed E-state index contributed by atoms with van der Waals surface area (Å²) in [5, 5.41) is 1.86. The number of hydrogen-bond acceptors (Lipinski definition) is 5. The maximum absolute atomic E-state index is 12.7. The van der Waals surface area contributed by atoms with Crippen molar-refractivity contribution in [2.75, 3.05) is 37.9 Å². The molecule has 1 aliphatic heterocycles. The summed E-state index contributed by atoms with van der Waals surface area (Å²) in [6.45, 7) is 5.09. The van der Waals surface area contributed by atoms with Gasteiger partial charge in [0.25, 0.3) is 15.9 Å². The Hall–Kier alpha value is -2.42. The molecule has 0 atom stereocenters. The predicted octanol–water partition coefficient (Wildman–Crippen LogP) is 1.69. The van der Waals surface area contributed by atoms with Crippen LogP contribution >= 0.6 is 0 Å². The van der Waals surface area contributed by atoms with Gasteiger partial charge >= 0.3 is 0 Å². The molecule has 27 heavy (non-hydrogen) atoms. The number of anilines is 1. The number of likely N-dealkylation sites (N-methyl/N-ethyl adjacent to an activating group) is 1. The zero-order valence-electron chi connectivity index (χ0n) is 15.5. The van der Waals surface area contributed by atoms with Crippen LogP contribution in [0.15, 0.2) is 53.4 Å². The van der Waals surface area contributed by atoms with E-state index < -0.39 is 10.0 Å². The standard InChI is InChI=1S/C19H24N4O3S/c1-15-5-3-7-17(13-15)21-27(25,26)18-8-4-6-16(14-18)19(24)20-23-11-9-22(2)10-12-23/h3-8,13-14,21H,9-12H2,1-2H3,(H,20,24). The second kappa shape index (κ2) is 8.08. The first-order valence-corrected chi connectivity index (χ1v) is 10.3. The summed E-state index contributed by atoms with van der Waals surface area (Å²) in [6.07, 6.45) is 0. The third-order valence-corrected chi connectivity index (χ3v) is 5.82. The molecule has 1 heterocycles. The molecule has 0 saturated carbocycles. The first-order valence-electron chi connectivity index (χ1n) is 8.77. The molecule has 1 amide bonds. The van der Waals surface area contributed by atoms with Crippen molar-refractivity contribution in [3.63, 3.8) is 0 Å². The molecule has 2 aromatic rings. The fraction of sp³-hybridized carbons (Fsp3) is 0.316. The van der Waals surface area contributed by atoms with Crippen molar-refractivity contribution in [2.24, 2.45) is 0 Å². The highest BCUT2D eigenvalue weighted by Gasteiger charge is 2.19.